The summed E-state index contributed by atoms with van der Waals surface area (Å²) in [7, 11) is 0. The summed E-state index contributed by atoms with van der Waals surface area (Å²) in [6.07, 6.45) is 0.878. The Hall–Kier alpha value is -0.580. The first-order valence-electron chi connectivity index (χ1n) is 4.00. The number of hydrogen-bond donors (Lipinski definition) is 1. The van der Waals surface area contributed by atoms with Gasteiger partial charge in [-0.15, -0.1) is 0 Å². The van der Waals surface area contributed by atoms with Gasteiger partial charge in [0, 0.05) is 14.8 Å². The van der Waals surface area contributed by atoms with Crippen molar-refractivity contribution in [2.45, 2.75) is 20.8 Å². The summed E-state index contributed by atoms with van der Waals surface area (Å²) in [5, 5.41) is 0. The van der Waals surface area contributed by atoms with E-state index in [-0.39, 0.29) is 0 Å². The van der Waals surface area contributed by atoms with Crippen LogP contribution in [0.15, 0.2) is 0 Å². The Kier molecular flexibility index (Phi) is 2.95. The third-order valence-corrected chi connectivity index (χ3v) is 4.01. The lowest BCUT2D eigenvalue weighted by Gasteiger charge is -2.13. The van der Waals surface area contributed by atoms with Crippen LogP contribution in [0.5, 0.6) is 0 Å². The van der Waals surface area contributed by atoms with Gasteiger partial charge in [-0.1, -0.05) is 0 Å². The van der Waals surface area contributed by atoms with E-state index in [2.05, 4.69) is 22.6 Å². The van der Waals surface area contributed by atoms with E-state index in [1.54, 1.807) is 0 Å². The summed E-state index contributed by atoms with van der Waals surface area (Å²) in [5.74, 6) is 0. The highest BCUT2D eigenvalue weighted by atomic mass is 127. The minimum Gasteiger partial charge on any atom is -0.398 e. The minimum absolute atomic E-state index is 0.729. The number of nitrogens with two attached hydrogens (primary N) is 1. The summed E-state index contributed by atoms with van der Waals surface area (Å²) in [5.41, 5.74) is 10.3. The van der Waals surface area contributed by atoms with Gasteiger partial charge in [-0.2, -0.15) is 0 Å². The van der Waals surface area contributed by atoms with Gasteiger partial charge in [-0.3, -0.25) is 4.79 Å². The van der Waals surface area contributed by atoms with Crippen LogP contribution in [0, 0.1) is 24.3 Å². The molecule has 0 heterocycles. The smallest absolute Gasteiger partial charge is 0.150 e. The van der Waals surface area contributed by atoms with Crippen LogP contribution in [-0.4, -0.2) is 6.29 Å². The second-order valence-corrected chi connectivity index (χ2v) is 4.21. The predicted octanol–water partition coefficient (Wildman–Crippen LogP) is 2.61. The number of anilines is 1. The number of nitrogen functional groups attached to an aromatic ring is 1. The van der Waals surface area contributed by atoms with Crippen molar-refractivity contribution in [1.82, 2.24) is 0 Å². The van der Waals surface area contributed by atoms with Crippen LogP contribution in [0.4, 0.5) is 5.69 Å². The Morgan fingerprint density at radius 2 is 1.69 bits per heavy atom. The normalized spacial score (nSPS) is 10.2. The van der Waals surface area contributed by atoms with E-state index in [0.29, 0.717) is 0 Å². The van der Waals surface area contributed by atoms with Crippen molar-refractivity contribution < 1.29 is 4.79 Å². The van der Waals surface area contributed by atoms with Crippen LogP contribution < -0.4 is 5.73 Å². The van der Waals surface area contributed by atoms with Crippen molar-refractivity contribution in [2.24, 2.45) is 0 Å². The number of rotatable bonds is 1. The Labute approximate surface area is 91.7 Å². The van der Waals surface area contributed by atoms with Gasteiger partial charge < -0.3 is 5.73 Å². The minimum atomic E-state index is 0.729. The van der Waals surface area contributed by atoms with Crippen molar-refractivity contribution in [1.29, 1.82) is 0 Å². The van der Waals surface area contributed by atoms with E-state index in [1.165, 1.54) is 0 Å². The molecule has 13 heavy (non-hydrogen) atoms. The molecule has 3 heteroatoms. The highest BCUT2D eigenvalue weighted by molar-refractivity contribution is 14.1. The first-order valence-corrected chi connectivity index (χ1v) is 5.08. The Bertz CT molecular complexity index is 343. The molecule has 0 unspecified atom stereocenters. The van der Waals surface area contributed by atoms with E-state index in [0.717, 1.165) is 37.8 Å². The molecule has 0 fully saturated rings. The lowest BCUT2D eigenvalue weighted by atomic mass is 9.98. The van der Waals surface area contributed by atoms with E-state index in [1.807, 2.05) is 20.8 Å². The average molecular weight is 289 g/mol. The predicted molar refractivity (Wildman–Crippen MR) is 63.2 cm³/mol. The Morgan fingerprint density at radius 1 is 1.15 bits per heavy atom. The molecule has 70 valence electrons. The number of aldehydes is 1. The first-order chi connectivity index (χ1) is 6.00. The molecule has 0 radical (unpaired) electrons. The topological polar surface area (TPSA) is 43.1 Å². The fraction of sp³-hybridized carbons (Fsp3) is 0.300. The molecule has 0 amide bonds. The molecule has 0 aromatic heterocycles. The van der Waals surface area contributed by atoms with Gasteiger partial charge in [0.05, 0.1) is 0 Å². The molecule has 0 aliphatic rings. The Morgan fingerprint density at radius 3 is 2.15 bits per heavy atom. The maximum atomic E-state index is 10.8. The fourth-order valence-corrected chi connectivity index (χ4v) is 1.98. The number of halogens is 1. The second-order valence-electron chi connectivity index (χ2n) is 3.13. The van der Waals surface area contributed by atoms with E-state index < -0.39 is 0 Å². The summed E-state index contributed by atoms with van der Waals surface area (Å²) in [4.78, 5) is 10.8. The molecule has 0 saturated heterocycles. The lowest BCUT2D eigenvalue weighted by Crippen LogP contribution is -2.04. The van der Waals surface area contributed by atoms with Gasteiger partial charge >= 0.3 is 0 Å². The fourth-order valence-electron chi connectivity index (χ4n) is 1.40. The van der Waals surface area contributed by atoms with Crippen LogP contribution in [-0.2, 0) is 0 Å². The molecule has 0 aliphatic heterocycles. The van der Waals surface area contributed by atoms with Gasteiger partial charge in [-0.25, -0.2) is 0 Å². The summed E-state index contributed by atoms with van der Waals surface area (Å²) in [6, 6.07) is 0. The van der Waals surface area contributed by atoms with Crippen molar-refractivity contribution in [3.63, 3.8) is 0 Å². The van der Waals surface area contributed by atoms with Crippen LogP contribution >= 0.6 is 22.6 Å². The molecule has 0 saturated carbocycles. The first kappa shape index (κ1) is 10.5. The second kappa shape index (κ2) is 3.65. The zero-order chi connectivity index (χ0) is 10.2. The summed E-state index contributed by atoms with van der Waals surface area (Å²) < 4.78 is 1.09. The van der Waals surface area contributed by atoms with Crippen LogP contribution in [0.1, 0.15) is 27.0 Å². The highest BCUT2D eigenvalue weighted by Gasteiger charge is 2.12. The lowest BCUT2D eigenvalue weighted by molar-refractivity contribution is 0.112. The molecule has 1 rings (SSSR count). The van der Waals surface area contributed by atoms with Crippen molar-refractivity contribution in [2.75, 3.05) is 5.73 Å². The number of carbonyl (C=O) groups is 1. The van der Waals surface area contributed by atoms with Crippen LogP contribution in [0.3, 0.4) is 0 Å². The number of hydrogen-bond acceptors (Lipinski definition) is 2. The standard InChI is InChI=1S/C10H12INO/c1-5-8(4-13)6(2)10(12)7(3)9(5)11/h4H,12H2,1-3H3. The van der Waals surface area contributed by atoms with Crippen molar-refractivity contribution in [3.8, 4) is 0 Å². The number of carbonyl (C=O) groups excluding carboxylic acids is 1. The van der Waals surface area contributed by atoms with Crippen LogP contribution in [0.2, 0.25) is 0 Å². The Balaban J connectivity index is 3.66. The molecule has 0 atom stereocenters. The van der Waals surface area contributed by atoms with E-state index in [9.17, 15) is 4.79 Å². The molecular formula is C10H12INO. The molecule has 0 aliphatic carbocycles. The van der Waals surface area contributed by atoms with E-state index >= 15 is 0 Å². The molecule has 1 aromatic rings. The van der Waals surface area contributed by atoms with Gasteiger partial charge in [0.25, 0.3) is 0 Å². The number of benzene rings is 1. The zero-order valence-electron chi connectivity index (χ0n) is 7.94. The zero-order valence-corrected chi connectivity index (χ0v) is 10.1. The maximum Gasteiger partial charge on any atom is 0.150 e. The SMILES string of the molecule is Cc1c(N)c(C)c(C=O)c(C)c1I. The van der Waals surface area contributed by atoms with Gasteiger partial charge in [0.15, 0.2) is 6.29 Å². The molecule has 0 spiro atoms. The molecular weight excluding hydrogens is 277 g/mol. The molecule has 2 nitrogen and oxygen atoms in total. The molecule has 0 bridgehead atoms. The summed E-state index contributed by atoms with van der Waals surface area (Å²) >= 11 is 2.22. The van der Waals surface area contributed by atoms with Crippen molar-refractivity contribution in [3.05, 3.63) is 25.8 Å². The van der Waals surface area contributed by atoms with Crippen molar-refractivity contribution >= 4 is 34.6 Å². The molecule has 1 aromatic carbocycles. The monoisotopic (exact) mass is 289 g/mol. The van der Waals surface area contributed by atoms with Gasteiger partial charge in [0.2, 0.25) is 0 Å². The largest absolute Gasteiger partial charge is 0.398 e. The third kappa shape index (κ3) is 1.57. The maximum absolute atomic E-state index is 10.8. The highest BCUT2D eigenvalue weighted by Crippen LogP contribution is 2.28. The van der Waals surface area contributed by atoms with Gasteiger partial charge in [-0.05, 0) is 60.1 Å². The quantitative estimate of drug-likeness (QED) is 0.490. The van der Waals surface area contributed by atoms with Crippen LogP contribution in [0.25, 0.3) is 0 Å². The average Bonchev–Trinajstić information content (AvgIpc) is 2.13. The van der Waals surface area contributed by atoms with Gasteiger partial charge in [0.1, 0.15) is 0 Å². The molecule has 2 N–H and O–H groups in total. The van der Waals surface area contributed by atoms with E-state index in [4.69, 9.17) is 5.73 Å². The third-order valence-electron chi connectivity index (χ3n) is 2.39. The summed E-state index contributed by atoms with van der Waals surface area (Å²) in [6.45, 7) is 5.81.